The van der Waals surface area contributed by atoms with E-state index in [-0.39, 0.29) is 0 Å². The predicted octanol–water partition coefficient (Wildman–Crippen LogP) is 5.26. The van der Waals surface area contributed by atoms with Gasteiger partial charge in [0.2, 0.25) is 0 Å². The fourth-order valence-corrected chi connectivity index (χ4v) is 1.39. The average Bonchev–Trinajstić information content (AvgIpc) is 3.46. The molecular formula is C21H46O5. The van der Waals surface area contributed by atoms with Gasteiger partial charge in [-0.25, -0.2) is 0 Å². The van der Waals surface area contributed by atoms with Crippen LogP contribution in [0.15, 0.2) is 0 Å². The van der Waals surface area contributed by atoms with Crippen LogP contribution in [0, 0.1) is 5.92 Å². The summed E-state index contributed by atoms with van der Waals surface area (Å²) in [6.07, 6.45) is 10.9. The Hall–Kier alpha value is -0.650. The minimum Gasteiger partial charge on any atom is -0.468 e. The summed E-state index contributed by atoms with van der Waals surface area (Å²) in [5.41, 5.74) is 0. The minimum atomic E-state index is 0.431. The van der Waals surface area contributed by atoms with Crippen molar-refractivity contribution in [3.8, 4) is 0 Å². The Balaban J connectivity index is -0.000000256. The van der Waals surface area contributed by atoms with Crippen LogP contribution in [0.5, 0.6) is 0 Å². The molecule has 1 aliphatic carbocycles. The van der Waals surface area contributed by atoms with Gasteiger partial charge in [-0.15, -0.1) is 0 Å². The SMILES string of the molecule is C1CCCCC1.CC1CO1.CCC(C)C.CCOC=O.COCCOC. The number of ether oxygens (including phenoxy) is 4. The van der Waals surface area contributed by atoms with Gasteiger partial charge in [-0.05, 0) is 19.8 Å². The molecule has 0 spiro atoms. The standard InChI is InChI=1S/C6H12.C5H12.C4H10O2.C3H6O2.C3H6O/c1-2-4-6-5-3-1;1-4-5(2)3;1-5-3-4-6-2;1-2-5-3-4;1-3-2-4-3/h1-6H2;5H,4H2,1-3H3;3-4H2,1-2H3;3H,2H2,1H3;3H,2H2,1H3. The highest BCUT2D eigenvalue weighted by Crippen LogP contribution is 2.15. The molecular weight excluding hydrogens is 332 g/mol. The third-order valence-corrected chi connectivity index (χ3v) is 3.54. The highest BCUT2D eigenvalue weighted by atomic mass is 16.6. The molecule has 2 aliphatic rings. The van der Waals surface area contributed by atoms with Crippen LogP contribution in [0.4, 0.5) is 0 Å². The lowest BCUT2D eigenvalue weighted by atomic mass is 10.0. The smallest absolute Gasteiger partial charge is 0.293 e. The van der Waals surface area contributed by atoms with Crippen LogP contribution in [0.3, 0.4) is 0 Å². The van der Waals surface area contributed by atoms with Crippen LogP contribution in [0.1, 0.15) is 79.6 Å². The molecule has 0 aromatic carbocycles. The van der Waals surface area contributed by atoms with Crippen molar-refractivity contribution >= 4 is 6.47 Å². The molecule has 2 rings (SSSR count). The largest absolute Gasteiger partial charge is 0.468 e. The van der Waals surface area contributed by atoms with Crippen LogP contribution >= 0.6 is 0 Å². The molecule has 0 bridgehead atoms. The minimum absolute atomic E-state index is 0.431. The highest BCUT2D eigenvalue weighted by Gasteiger charge is 2.13. The Morgan fingerprint density at radius 1 is 0.962 bits per heavy atom. The van der Waals surface area contributed by atoms with Gasteiger partial charge in [-0.2, -0.15) is 0 Å². The second-order valence-corrected chi connectivity index (χ2v) is 6.60. The number of hydrogen-bond acceptors (Lipinski definition) is 5. The van der Waals surface area contributed by atoms with E-state index < -0.39 is 0 Å². The van der Waals surface area contributed by atoms with Gasteiger partial charge in [-0.1, -0.05) is 65.7 Å². The van der Waals surface area contributed by atoms with E-state index in [9.17, 15) is 4.79 Å². The summed E-state index contributed by atoms with van der Waals surface area (Å²) in [4.78, 5) is 9.18. The normalized spacial score (nSPS) is 16.8. The number of epoxide rings is 1. The lowest BCUT2D eigenvalue weighted by Crippen LogP contribution is -1.96. The highest BCUT2D eigenvalue weighted by molar-refractivity contribution is 5.36. The van der Waals surface area contributed by atoms with Crippen LogP contribution in [0.25, 0.3) is 0 Å². The molecule has 1 heterocycles. The fraction of sp³-hybridized carbons (Fsp3) is 0.952. The maximum atomic E-state index is 9.18. The molecule has 0 aromatic rings. The Labute approximate surface area is 163 Å². The number of rotatable bonds is 6. The second-order valence-electron chi connectivity index (χ2n) is 6.60. The molecule has 1 aliphatic heterocycles. The topological polar surface area (TPSA) is 57.3 Å². The van der Waals surface area contributed by atoms with Gasteiger partial charge in [0.05, 0.1) is 32.5 Å². The first-order valence-corrected chi connectivity index (χ1v) is 10.1. The van der Waals surface area contributed by atoms with Gasteiger partial charge in [0.1, 0.15) is 0 Å². The lowest BCUT2D eigenvalue weighted by Gasteiger charge is -2.05. The Morgan fingerprint density at radius 3 is 1.35 bits per heavy atom. The van der Waals surface area contributed by atoms with E-state index in [0.717, 1.165) is 12.5 Å². The Bertz CT molecular complexity index is 211. The lowest BCUT2D eigenvalue weighted by molar-refractivity contribution is -0.128. The van der Waals surface area contributed by atoms with Crippen LogP contribution in [-0.4, -0.2) is 53.2 Å². The van der Waals surface area contributed by atoms with Gasteiger partial charge in [0.25, 0.3) is 6.47 Å². The van der Waals surface area contributed by atoms with E-state index in [1.54, 1.807) is 21.1 Å². The van der Waals surface area contributed by atoms with E-state index in [4.69, 9.17) is 4.74 Å². The second kappa shape index (κ2) is 29.1. The zero-order valence-electron chi connectivity index (χ0n) is 18.6. The first-order valence-electron chi connectivity index (χ1n) is 10.1. The third-order valence-electron chi connectivity index (χ3n) is 3.54. The molecule has 1 atom stereocenters. The molecule has 26 heavy (non-hydrogen) atoms. The van der Waals surface area contributed by atoms with Crippen LogP contribution in [0.2, 0.25) is 0 Å². The first kappa shape index (κ1) is 30.1. The van der Waals surface area contributed by atoms with Gasteiger partial charge in [-0.3, -0.25) is 4.79 Å². The number of carbonyl (C=O) groups is 1. The van der Waals surface area contributed by atoms with Gasteiger partial charge >= 0.3 is 0 Å². The molecule has 1 saturated carbocycles. The molecule has 0 N–H and O–H groups in total. The van der Waals surface area contributed by atoms with Crippen LogP contribution in [-0.2, 0) is 23.7 Å². The monoisotopic (exact) mass is 378 g/mol. The van der Waals surface area contributed by atoms with Crippen LogP contribution < -0.4 is 0 Å². The first-order chi connectivity index (χ1) is 12.5. The average molecular weight is 379 g/mol. The maximum absolute atomic E-state index is 9.18. The van der Waals surface area contributed by atoms with Crippen molar-refractivity contribution in [1.82, 2.24) is 0 Å². The van der Waals surface area contributed by atoms with Gasteiger partial charge in [0.15, 0.2) is 0 Å². The van der Waals surface area contributed by atoms with E-state index in [0.29, 0.717) is 32.4 Å². The summed E-state index contributed by atoms with van der Waals surface area (Å²) in [7, 11) is 3.30. The Kier molecular flexibility index (Phi) is 33.7. The third kappa shape index (κ3) is 49.5. The summed E-state index contributed by atoms with van der Waals surface area (Å²) in [6.45, 7) is 13.7. The fourth-order valence-electron chi connectivity index (χ4n) is 1.39. The molecule has 2 fully saturated rings. The molecule has 0 aromatic heterocycles. The quantitative estimate of drug-likeness (QED) is 0.358. The molecule has 160 valence electrons. The summed E-state index contributed by atoms with van der Waals surface area (Å²) in [6, 6.07) is 0. The van der Waals surface area contributed by atoms with E-state index in [1.807, 2.05) is 0 Å². The van der Waals surface area contributed by atoms with Crippen molar-refractivity contribution in [3.05, 3.63) is 0 Å². The Morgan fingerprint density at radius 2 is 1.27 bits per heavy atom. The predicted molar refractivity (Wildman–Crippen MR) is 110 cm³/mol. The van der Waals surface area contributed by atoms with E-state index in [1.165, 1.54) is 44.9 Å². The molecule has 0 radical (unpaired) electrons. The summed E-state index contributed by atoms with van der Waals surface area (Å²) < 4.78 is 18.2. The summed E-state index contributed by atoms with van der Waals surface area (Å²) in [5, 5.41) is 0. The van der Waals surface area contributed by atoms with E-state index in [2.05, 4.69) is 41.9 Å². The molecule has 5 heteroatoms. The zero-order chi connectivity index (χ0) is 20.5. The van der Waals surface area contributed by atoms with Crippen molar-refractivity contribution in [2.24, 2.45) is 5.92 Å². The van der Waals surface area contributed by atoms with Crippen molar-refractivity contribution in [1.29, 1.82) is 0 Å². The summed E-state index contributed by atoms with van der Waals surface area (Å²) in [5.74, 6) is 0.884. The van der Waals surface area contributed by atoms with Crippen molar-refractivity contribution < 1.29 is 23.7 Å². The van der Waals surface area contributed by atoms with Gasteiger partial charge < -0.3 is 18.9 Å². The van der Waals surface area contributed by atoms with Crippen molar-refractivity contribution in [2.45, 2.75) is 85.7 Å². The van der Waals surface area contributed by atoms with Crippen molar-refractivity contribution in [2.75, 3.05) is 40.6 Å². The number of carbonyl (C=O) groups excluding carboxylic acids is 1. The van der Waals surface area contributed by atoms with Gasteiger partial charge in [0, 0.05) is 14.2 Å². The maximum Gasteiger partial charge on any atom is 0.293 e. The molecule has 1 saturated heterocycles. The molecule has 5 nitrogen and oxygen atoms in total. The number of methoxy groups -OCH3 is 2. The van der Waals surface area contributed by atoms with Crippen molar-refractivity contribution in [3.63, 3.8) is 0 Å². The van der Waals surface area contributed by atoms with E-state index >= 15 is 0 Å². The number of hydrogen-bond donors (Lipinski definition) is 0. The molecule has 1 unspecified atom stereocenters. The zero-order valence-corrected chi connectivity index (χ0v) is 18.6. The molecule has 0 amide bonds. The summed E-state index contributed by atoms with van der Waals surface area (Å²) >= 11 is 0.